The first-order valence-corrected chi connectivity index (χ1v) is 7.19. The van der Waals surface area contributed by atoms with E-state index in [0.717, 1.165) is 0 Å². The third-order valence-corrected chi connectivity index (χ3v) is 4.38. The zero-order valence-corrected chi connectivity index (χ0v) is 11.0. The predicted molar refractivity (Wildman–Crippen MR) is 63.1 cm³/mol. The van der Waals surface area contributed by atoms with Crippen LogP contribution in [0.1, 0.15) is 27.2 Å². The normalized spacial score (nSPS) is 28.6. The van der Waals surface area contributed by atoms with Crippen molar-refractivity contribution in [3.05, 3.63) is 0 Å². The molecule has 0 saturated carbocycles. The Hall–Kier alpha value is -0.170. The van der Waals surface area contributed by atoms with E-state index in [1.165, 1.54) is 4.31 Å². The van der Waals surface area contributed by atoms with Gasteiger partial charge in [0.15, 0.2) is 0 Å². The van der Waals surface area contributed by atoms with E-state index in [4.69, 9.17) is 0 Å². The van der Waals surface area contributed by atoms with Gasteiger partial charge in [-0.15, -0.1) is 0 Å². The van der Waals surface area contributed by atoms with Crippen LogP contribution in [0.5, 0.6) is 0 Å². The van der Waals surface area contributed by atoms with E-state index < -0.39 is 10.2 Å². The molecule has 1 fully saturated rings. The molecular weight excluding hydrogens is 228 g/mol. The van der Waals surface area contributed by atoms with Crippen molar-refractivity contribution in [2.75, 3.05) is 19.6 Å². The van der Waals surface area contributed by atoms with Gasteiger partial charge in [-0.25, -0.2) is 4.72 Å². The molecule has 1 rings (SSSR count). The van der Waals surface area contributed by atoms with Crippen LogP contribution in [0.15, 0.2) is 0 Å². The average molecular weight is 250 g/mol. The van der Waals surface area contributed by atoms with Gasteiger partial charge in [0, 0.05) is 19.6 Å². The molecule has 16 heavy (non-hydrogen) atoms. The van der Waals surface area contributed by atoms with Crippen molar-refractivity contribution in [3.8, 4) is 0 Å². The summed E-state index contributed by atoms with van der Waals surface area (Å²) in [4.78, 5) is 0. The van der Waals surface area contributed by atoms with Gasteiger partial charge in [-0.05, 0) is 18.3 Å². The van der Waals surface area contributed by atoms with Gasteiger partial charge in [0.2, 0.25) is 0 Å². The Morgan fingerprint density at radius 1 is 1.50 bits per heavy atom. The Balaban J connectivity index is 2.56. The highest BCUT2D eigenvalue weighted by atomic mass is 32.2. The number of hydrogen-bond donors (Lipinski definition) is 2. The highest BCUT2D eigenvalue weighted by Gasteiger charge is 2.31. The lowest BCUT2D eigenvalue weighted by molar-refractivity contribution is 0.0624. The highest BCUT2D eigenvalue weighted by molar-refractivity contribution is 7.87. The molecule has 5 nitrogen and oxygen atoms in total. The molecule has 0 aromatic carbocycles. The van der Waals surface area contributed by atoms with Gasteiger partial charge in [-0.2, -0.15) is 12.7 Å². The second kappa shape index (κ2) is 5.44. The molecule has 2 atom stereocenters. The van der Waals surface area contributed by atoms with E-state index in [2.05, 4.69) is 4.72 Å². The van der Waals surface area contributed by atoms with E-state index in [0.29, 0.717) is 32.0 Å². The van der Waals surface area contributed by atoms with Crippen LogP contribution in [0.2, 0.25) is 0 Å². The van der Waals surface area contributed by atoms with Crippen LogP contribution in [0, 0.1) is 11.8 Å². The number of hydrogen-bond acceptors (Lipinski definition) is 3. The summed E-state index contributed by atoms with van der Waals surface area (Å²) in [6.07, 6.45) is 0.139. The highest BCUT2D eigenvalue weighted by Crippen LogP contribution is 2.18. The minimum absolute atomic E-state index is 0.00405. The van der Waals surface area contributed by atoms with E-state index in [1.54, 1.807) is 0 Å². The third kappa shape index (κ3) is 3.69. The summed E-state index contributed by atoms with van der Waals surface area (Å²) >= 11 is 0. The van der Waals surface area contributed by atoms with Crippen molar-refractivity contribution in [2.24, 2.45) is 11.8 Å². The number of rotatable bonds is 4. The van der Waals surface area contributed by atoms with Crippen LogP contribution in [0.4, 0.5) is 0 Å². The first-order chi connectivity index (χ1) is 7.33. The summed E-state index contributed by atoms with van der Waals surface area (Å²) in [7, 11) is -3.36. The van der Waals surface area contributed by atoms with Crippen LogP contribution in [0.25, 0.3) is 0 Å². The first-order valence-electron chi connectivity index (χ1n) is 5.75. The Morgan fingerprint density at radius 2 is 2.12 bits per heavy atom. The van der Waals surface area contributed by atoms with Crippen molar-refractivity contribution in [2.45, 2.75) is 33.3 Å². The van der Waals surface area contributed by atoms with Crippen molar-refractivity contribution >= 4 is 10.2 Å². The van der Waals surface area contributed by atoms with Crippen molar-refractivity contribution in [3.63, 3.8) is 0 Å². The SMILES string of the molecule is CC(C)CNS(=O)(=O)N1CCC(O)C(C)C1. The van der Waals surface area contributed by atoms with Crippen LogP contribution in [0.3, 0.4) is 0 Å². The zero-order valence-electron chi connectivity index (χ0n) is 10.2. The molecule has 0 aromatic rings. The topological polar surface area (TPSA) is 69.6 Å². The van der Waals surface area contributed by atoms with Crippen LogP contribution in [-0.2, 0) is 10.2 Å². The molecule has 2 N–H and O–H groups in total. The molecular formula is C10H22N2O3S. The fraction of sp³-hybridized carbons (Fsp3) is 1.00. The Labute approximate surface area is 98.0 Å². The lowest BCUT2D eigenvalue weighted by atomic mass is 9.99. The van der Waals surface area contributed by atoms with E-state index in [1.807, 2.05) is 20.8 Å². The summed E-state index contributed by atoms with van der Waals surface area (Å²) < 4.78 is 27.8. The Morgan fingerprint density at radius 3 is 2.62 bits per heavy atom. The molecule has 0 aromatic heterocycles. The number of aliphatic hydroxyl groups excluding tert-OH is 1. The summed E-state index contributed by atoms with van der Waals surface area (Å²) in [5.41, 5.74) is 0. The summed E-state index contributed by atoms with van der Waals surface area (Å²) in [5, 5.41) is 9.54. The maximum Gasteiger partial charge on any atom is 0.279 e. The molecule has 1 heterocycles. The maximum atomic E-state index is 11.9. The zero-order chi connectivity index (χ0) is 12.3. The number of nitrogens with zero attached hydrogens (tertiary/aromatic N) is 1. The first kappa shape index (κ1) is 13.9. The Kier molecular flexibility index (Phi) is 4.73. The lowest BCUT2D eigenvalue weighted by Crippen LogP contribution is -2.49. The van der Waals surface area contributed by atoms with Gasteiger partial charge in [-0.1, -0.05) is 20.8 Å². The number of nitrogens with one attached hydrogen (secondary N) is 1. The molecule has 0 radical (unpaired) electrons. The monoisotopic (exact) mass is 250 g/mol. The number of aliphatic hydroxyl groups is 1. The molecule has 96 valence electrons. The van der Waals surface area contributed by atoms with Crippen LogP contribution in [-0.4, -0.2) is 43.6 Å². The molecule has 0 amide bonds. The van der Waals surface area contributed by atoms with Crippen molar-refractivity contribution in [1.29, 1.82) is 0 Å². The van der Waals surface area contributed by atoms with Gasteiger partial charge in [0.05, 0.1) is 6.10 Å². The minimum atomic E-state index is -3.36. The molecule has 0 aliphatic carbocycles. The number of piperidine rings is 1. The van der Waals surface area contributed by atoms with Gasteiger partial charge < -0.3 is 5.11 Å². The summed E-state index contributed by atoms with van der Waals surface area (Å²) in [6.45, 7) is 7.05. The smallest absolute Gasteiger partial charge is 0.279 e. The fourth-order valence-electron chi connectivity index (χ4n) is 1.68. The van der Waals surface area contributed by atoms with E-state index in [-0.39, 0.29) is 12.0 Å². The lowest BCUT2D eigenvalue weighted by Gasteiger charge is -2.33. The van der Waals surface area contributed by atoms with Crippen LogP contribution >= 0.6 is 0 Å². The second-order valence-electron chi connectivity index (χ2n) is 4.94. The standard InChI is InChI=1S/C10H22N2O3S/c1-8(2)6-11-16(14,15)12-5-4-10(13)9(3)7-12/h8-11,13H,4-7H2,1-3H3. The van der Waals surface area contributed by atoms with Crippen molar-refractivity contribution in [1.82, 2.24) is 9.03 Å². The molecule has 6 heteroatoms. The van der Waals surface area contributed by atoms with Gasteiger partial charge in [-0.3, -0.25) is 0 Å². The second-order valence-corrected chi connectivity index (χ2v) is 6.69. The van der Waals surface area contributed by atoms with E-state index >= 15 is 0 Å². The van der Waals surface area contributed by atoms with Gasteiger partial charge in [0.25, 0.3) is 10.2 Å². The van der Waals surface area contributed by atoms with Gasteiger partial charge in [0.1, 0.15) is 0 Å². The molecule has 1 aliphatic rings. The Bertz CT molecular complexity index is 316. The van der Waals surface area contributed by atoms with Gasteiger partial charge >= 0.3 is 0 Å². The quantitative estimate of drug-likeness (QED) is 0.748. The molecule has 2 unspecified atom stereocenters. The van der Waals surface area contributed by atoms with Crippen LogP contribution < -0.4 is 4.72 Å². The third-order valence-electron chi connectivity index (χ3n) is 2.84. The molecule has 1 saturated heterocycles. The predicted octanol–water partition coefficient (Wildman–Crippen LogP) is 0.179. The molecule has 0 bridgehead atoms. The molecule has 0 spiro atoms. The fourth-order valence-corrected chi connectivity index (χ4v) is 3.18. The largest absolute Gasteiger partial charge is 0.393 e. The van der Waals surface area contributed by atoms with Crippen molar-refractivity contribution < 1.29 is 13.5 Å². The summed E-state index contributed by atoms with van der Waals surface area (Å²) in [6, 6.07) is 0. The minimum Gasteiger partial charge on any atom is -0.393 e. The van der Waals surface area contributed by atoms with E-state index in [9.17, 15) is 13.5 Å². The average Bonchev–Trinajstić information content (AvgIpc) is 2.19. The summed E-state index contributed by atoms with van der Waals surface area (Å²) in [5.74, 6) is 0.298. The maximum absolute atomic E-state index is 11.9. The molecule has 1 aliphatic heterocycles.